The molecule has 1 aromatic carbocycles. The van der Waals surface area contributed by atoms with E-state index in [0.717, 1.165) is 15.9 Å². The molecule has 2 amide bonds. The van der Waals surface area contributed by atoms with Crippen molar-refractivity contribution in [2.24, 2.45) is 10.4 Å². The summed E-state index contributed by atoms with van der Waals surface area (Å²) >= 11 is 0. The predicted octanol–water partition coefficient (Wildman–Crippen LogP) is 5.32. The zero-order valence-corrected chi connectivity index (χ0v) is 28.2. The van der Waals surface area contributed by atoms with Gasteiger partial charge in [-0.05, 0) is 94.1 Å². The number of hydrogen-bond donors (Lipinski definition) is 0. The van der Waals surface area contributed by atoms with E-state index in [0.29, 0.717) is 25.4 Å². The Labute approximate surface area is 261 Å². The van der Waals surface area contributed by atoms with Crippen LogP contribution in [0.25, 0.3) is 0 Å². The molecule has 2 fully saturated rings. The first kappa shape index (κ1) is 32.6. The minimum atomic E-state index is -1.08. The molecule has 0 aliphatic carbocycles. The zero-order valence-electron chi connectivity index (χ0n) is 28.2. The minimum Gasteiger partial charge on any atom is -0.486 e. The van der Waals surface area contributed by atoms with Gasteiger partial charge in [-0.3, -0.25) is 0 Å². The number of aliphatic imine (C=N–C) groups is 1. The normalized spacial score (nSPS) is 28.0. The summed E-state index contributed by atoms with van der Waals surface area (Å²) in [5.41, 5.74) is -3.77. The number of carbonyl (C=O) groups excluding carboxylic acids is 2. The number of benzene rings is 1. The van der Waals surface area contributed by atoms with Gasteiger partial charge in [0.15, 0.2) is 0 Å². The summed E-state index contributed by atoms with van der Waals surface area (Å²) in [7, 11) is -0.624. The Morgan fingerprint density at radius 3 is 1.91 bits per heavy atom. The van der Waals surface area contributed by atoms with Crippen molar-refractivity contribution in [3.05, 3.63) is 23.8 Å². The molecule has 0 radical (unpaired) electrons. The number of carbonyl (C=O) groups is 2. The molecule has 4 aliphatic heterocycles. The maximum absolute atomic E-state index is 13.5. The van der Waals surface area contributed by atoms with Crippen molar-refractivity contribution >= 4 is 30.8 Å². The highest BCUT2D eigenvalue weighted by Crippen LogP contribution is 2.63. The van der Waals surface area contributed by atoms with E-state index >= 15 is 0 Å². The Hall–Kier alpha value is -2.83. The Kier molecular flexibility index (Phi) is 7.47. The molecule has 4 heterocycles. The second-order valence-electron chi connectivity index (χ2n) is 15.4. The van der Waals surface area contributed by atoms with E-state index < -0.39 is 58.3 Å². The van der Waals surface area contributed by atoms with Crippen LogP contribution in [0.2, 0.25) is 0 Å². The number of nitrogens with zero attached hydrogens (tertiary/aromatic N) is 2. The molecule has 12 heteroatoms. The molecule has 5 rings (SSSR count). The van der Waals surface area contributed by atoms with Crippen LogP contribution in [0.4, 0.5) is 9.59 Å². The average molecular weight is 615 g/mol. The first-order valence-corrected chi connectivity index (χ1v) is 15.3. The highest BCUT2D eigenvalue weighted by atomic mass is 16.7. The van der Waals surface area contributed by atoms with Crippen LogP contribution in [0.3, 0.4) is 0 Å². The molecule has 0 saturated carbocycles. The lowest BCUT2D eigenvalue weighted by atomic mass is 9.54. The van der Waals surface area contributed by atoms with Crippen molar-refractivity contribution in [3.8, 4) is 5.75 Å². The predicted molar refractivity (Wildman–Crippen MR) is 164 cm³/mol. The molecule has 11 nitrogen and oxygen atoms in total. The second-order valence-corrected chi connectivity index (χ2v) is 15.4. The summed E-state index contributed by atoms with van der Waals surface area (Å²) in [6.07, 6.45) is -1.24. The van der Waals surface area contributed by atoms with Crippen molar-refractivity contribution in [2.45, 2.75) is 123 Å². The summed E-state index contributed by atoms with van der Waals surface area (Å²) in [5.74, 6) is 0.627. The van der Waals surface area contributed by atoms with Gasteiger partial charge in [0.1, 0.15) is 34.7 Å². The van der Waals surface area contributed by atoms with E-state index in [1.807, 2.05) is 45.9 Å². The van der Waals surface area contributed by atoms with Gasteiger partial charge in [0.2, 0.25) is 0 Å². The third-order valence-corrected chi connectivity index (χ3v) is 9.53. The van der Waals surface area contributed by atoms with E-state index in [2.05, 4.69) is 13.8 Å². The molecule has 44 heavy (non-hydrogen) atoms. The van der Waals surface area contributed by atoms with Crippen LogP contribution in [0, 0.1) is 5.41 Å². The lowest BCUT2D eigenvalue weighted by Gasteiger charge is -2.62. The molecule has 0 aromatic heterocycles. The Morgan fingerprint density at radius 2 is 1.45 bits per heavy atom. The topological polar surface area (TPSA) is 114 Å². The quantitative estimate of drug-likeness (QED) is 0.409. The number of ether oxygens (including phenoxy) is 5. The van der Waals surface area contributed by atoms with Crippen molar-refractivity contribution in [1.82, 2.24) is 4.90 Å². The molecule has 2 unspecified atom stereocenters. The van der Waals surface area contributed by atoms with Crippen LogP contribution in [0.1, 0.15) is 95.1 Å². The second kappa shape index (κ2) is 10.1. The van der Waals surface area contributed by atoms with Gasteiger partial charge in [-0.25, -0.2) is 14.6 Å². The largest absolute Gasteiger partial charge is 0.494 e. The van der Waals surface area contributed by atoms with Crippen LogP contribution in [-0.4, -0.2) is 78.1 Å². The maximum atomic E-state index is 13.5. The van der Waals surface area contributed by atoms with Gasteiger partial charge in [-0.1, -0.05) is 19.1 Å². The molecular formula is C32H47BN2O9. The highest BCUT2D eigenvalue weighted by molar-refractivity contribution is 6.62. The van der Waals surface area contributed by atoms with E-state index in [9.17, 15) is 9.59 Å². The first-order chi connectivity index (χ1) is 20.1. The SMILES string of the molecule is CCC1(C)Oc2ccc(B3OC(C)(C)C(C)(C)O3)cc2C2(COC(N(C(=O)OC(C)(C)C)C(=O)OC(C)(C)C)=N2)C12COC2. The molecule has 242 valence electrons. The minimum absolute atomic E-state index is 0.0343. The van der Waals surface area contributed by atoms with E-state index in [1.54, 1.807) is 41.5 Å². The standard InChI is InChI=1S/C32H47BN2O9/c1-13-30(12)31(17-38-18-31)32(21-16-20(14-15-22(21)40-30)33-43-28(8,9)29(10,11)44-33)19-39-23(34-32)35(24(36)41-26(2,3)4)25(37)42-27(5,6)7/h14-16H,13,17-19H2,1-12H3. The number of amides is 2. The number of imide groups is 1. The molecule has 2 spiro atoms. The van der Waals surface area contributed by atoms with E-state index in [1.165, 1.54) is 0 Å². The van der Waals surface area contributed by atoms with Crippen LogP contribution in [-0.2, 0) is 33.8 Å². The fourth-order valence-electron chi connectivity index (χ4n) is 6.12. The zero-order chi connectivity index (χ0) is 32.7. The Morgan fingerprint density at radius 1 is 0.909 bits per heavy atom. The van der Waals surface area contributed by atoms with Gasteiger partial charge >= 0.3 is 25.3 Å². The Balaban J connectivity index is 1.67. The van der Waals surface area contributed by atoms with Crippen LogP contribution >= 0.6 is 0 Å². The van der Waals surface area contributed by atoms with Gasteiger partial charge in [0, 0.05) is 5.56 Å². The van der Waals surface area contributed by atoms with E-state index in [4.69, 9.17) is 38.0 Å². The van der Waals surface area contributed by atoms with Crippen molar-refractivity contribution in [2.75, 3.05) is 19.8 Å². The summed E-state index contributed by atoms with van der Waals surface area (Å²) in [6, 6.07) is 5.62. The van der Waals surface area contributed by atoms with Gasteiger partial charge in [-0.2, -0.15) is 0 Å². The molecule has 1 aromatic rings. The lowest BCUT2D eigenvalue weighted by Crippen LogP contribution is -2.72. The maximum Gasteiger partial charge on any atom is 0.494 e. The van der Waals surface area contributed by atoms with Crippen LogP contribution < -0.4 is 10.2 Å². The monoisotopic (exact) mass is 614 g/mol. The van der Waals surface area contributed by atoms with Crippen molar-refractivity contribution in [1.29, 1.82) is 0 Å². The number of amidine groups is 1. The molecular weight excluding hydrogens is 567 g/mol. The summed E-state index contributed by atoms with van der Waals surface area (Å²) in [4.78, 5) is 32.9. The Bertz CT molecular complexity index is 1330. The highest BCUT2D eigenvalue weighted by Gasteiger charge is 2.72. The van der Waals surface area contributed by atoms with E-state index in [-0.39, 0.29) is 12.6 Å². The summed E-state index contributed by atoms with van der Waals surface area (Å²) in [5, 5.41) is 0. The van der Waals surface area contributed by atoms with Gasteiger partial charge < -0.3 is 33.0 Å². The lowest BCUT2D eigenvalue weighted by molar-refractivity contribution is -0.254. The molecule has 0 bridgehead atoms. The third kappa shape index (κ3) is 5.06. The molecule has 2 atom stereocenters. The van der Waals surface area contributed by atoms with Gasteiger partial charge in [0.25, 0.3) is 0 Å². The molecule has 2 saturated heterocycles. The third-order valence-electron chi connectivity index (χ3n) is 9.53. The van der Waals surface area contributed by atoms with Crippen LogP contribution in [0.5, 0.6) is 5.75 Å². The fraction of sp³-hybridized carbons (Fsp3) is 0.719. The molecule has 4 aliphatic rings. The van der Waals surface area contributed by atoms with Gasteiger partial charge in [-0.15, -0.1) is 4.90 Å². The smallest absolute Gasteiger partial charge is 0.486 e. The average Bonchev–Trinajstić information content (AvgIpc) is 3.34. The van der Waals surface area contributed by atoms with Crippen LogP contribution in [0.15, 0.2) is 23.2 Å². The van der Waals surface area contributed by atoms with Gasteiger partial charge in [0.05, 0.1) is 29.8 Å². The molecule has 0 N–H and O–H groups in total. The number of hydrogen-bond acceptors (Lipinski definition) is 10. The number of fused-ring (bicyclic) bond motifs is 3. The number of rotatable bonds is 2. The van der Waals surface area contributed by atoms with Crippen molar-refractivity contribution < 1.29 is 42.6 Å². The first-order valence-electron chi connectivity index (χ1n) is 15.3. The fourth-order valence-corrected chi connectivity index (χ4v) is 6.12. The van der Waals surface area contributed by atoms with Crippen molar-refractivity contribution in [3.63, 3.8) is 0 Å². The summed E-state index contributed by atoms with van der Waals surface area (Å²) in [6.45, 7) is 23.2. The summed E-state index contributed by atoms with van der Waals surface area (Å²) < 4.78 is 42.8.